The van der Waals surface area contributed by atoms with Crippen LogP contribution in [0.4, 0.5) is 0 Å². The predicted molar refractivity (Wildman–Crippen MR) is 148 cm³/mol. The molecule has 3 atom stereocenters. The van der Waals surface area contributed by atoms with Gasteiger partial charge in [0.05, 0.1) is 24.0 Å². The number of carbonyl (C=O) groups is 1. The van der Waals surface area contributed by atoms with Crippen LogP contribution >= 0.6 is 0 Å². The Hall–Kier alpha value is -3.86. The molecule has 1 aliphatic carbocycles. The van der Waals surface area contributed by atoms with E-state index in [0.717, 1.165) is 46.7 Å². The molecule has 5 nitrogen and oxygen atoms in total. The lowest BCUT2D eigenvalue weighted by molar-refractivity contribution is -0.123. The van der Waals surface area contributed by atoms with Crippen LogP contribution in [-0.2, 0) is 4.79 Å². The van der Waals surface area contributed by atoms with E-state index >= 15 is 0 Å². The van der Waals surface area contributed by atoms with Gasteiger partial charge in [-0.25, -0.2) is 4.68 Å². The highest BCUT2D eigenvalue weighted by molar-refractivity contribution is 5.84. The van der Waals surface area contributed by atoms with Crippen LogP contribution in [0, 0.1) is 11.8 Å². The zero-order valence-electron chi connectivity index (χ0n) is 21.8. The predicted octanol–water partition coefficient (Wildman–Crippen LogP) is 6.95. The van der Waals surface area contributed by atoms with Gasteiger partial charge < -0.3 is 10.1 Å². The average molecular weight is 494 g/mol. The van der Waals surface area contributed by atoms with E-state index in [-0.39, 0.29) is 23.8 Å². The van der Waals surface area contributed by atoms with Crippen molar-refractivity contribution in [3.8, 4) is 22.7 Å². The van der Waals surface area contributed by atoms with Gasteiger partial charge in [-0.05, 0) is 73.6 Å². The molecule has 5 rings (SSSR count). The molecule has 190 valence electrons. The Morgan fingerprint density at radius 2 is 1.65 bits per heavy atom. The second-order valence-electron chi connectivity index (χ2n) is 10.4. The minimum Gasteiger partial charge on any atom is -0.494 e. The van der Waals surface area contributed by atoms with Gasteiger partial charge in [0.1, 0.15) is 5.75 Å². The van der Waals surface area contributed by atoms with Crippen molar-refractivity contribution in [3.63, 3.8) is 0 Å². The summed E-state index contributed by atoms with van der Waals surface area (Å²) < 4.78 is 7.84. The Kier molecular flexibility index (Phi) is 7.40. The van der Waals surface area contributed by atoms with Crippen molar-refractivity contribution in [3.05, 3.63) is 102 Å². The lowest BCUT2D eigenvalue weighted by Crippen LogP contribution is -2.28. The van der Waals surface area contributed by atoms with E-state index in [1.807, 2.05) is 84.4 Å². The molecule has 0 aliphatic heterocycles. The third-order valence-corrected chi connectivity index (χ3v) is 7.04. The third kappa shape index (κ3) is 5.93. The molecule has 0 spiro atoms. The lowest BCUT2D eigenvalue weighted by Gasteiger charge is -2.14. The van der Waals surface area contributed by atoms with E-state index in [9.17, 15) is 4.79 Å². The highest BCUT2D eigenvalue weighted by Crippen LogP contribution is 2.50. The summed E-state index contributed by atoms with van der Waals surface area (Å²) in [5, 5.41) is 8.18. The van der Waals surface area contributed by atoms with Crippen LogP contribution < -0.4 is 10.1 Å². The van der Waals surface area contributed by atoms with Gasteiger partial charge in [-0.1, -0.05) is 62.4 Å². The molecule has 37 heavy (non-hydrogen) atoms. The molecule has 3 aromatic carbocycles. The summed E-state index contributed by atoms with van der Waals surface area (Å²) >= 11 is 0. The van der Waals surface area contributed by atoms with Gasteiger partial charge in [-0.2, -0.15) is 5.10 Å². The molecule has 1 N–H and O–H groups in total. The molecule has 5 heteroatoms. The van der Waals surface area contributed by atoms with E-state index in [1.54, 1.807) is 0 Å². The average Bonchev–Trinajstić information content (AvgIpc) is 3.60. The van der Waals surface area contributed by atoms with E-state index in [1.165, 1.54) is 0 Å². The maximum Gasteiger partial charge on any atom is 0.224 e. The van der Waals surface area contributed by atoms with Crippen LogP contribution in [0.1, 0.15) is 56.7 Å². The number of amides is 1. The second kappa shape index (κ2) is 11.0. The number of para-hydroxylation sites is 1. The molecule has 1 fully saturated rings. The maximum absolute atomic E-state index is 13.1. The molecular formula is C32H35N3O2. The summed E-state index contributed by atoms with van der Waals surface area (Å²) in [5.41, 5.74) is 5.19. The fourth-order valence-electron chi connectivity index (χ4n) is 4.69. The largest absolute Gasteiger partial charge is 0.494 e. The first-order chi connectivity index (χ1) is 18.0. The van der Waals surface area contributed by atoms with Crippen LogP contribution in [0.3, 0.4) is 0 Å². The summed E-state index contributed by atoms with van der Waals surface area (Å²) in [6, 6.07) is 28.4. The van der Waals surface area contributed by atoms with Gasteiger partial charge in [0, 0.05) is 23.2 Å². The van der Waals surface area contributed by atoms with Gasteiger partial charge >= 0.3 is 0 Å². The van der Waals surface area contributed by atoms with Crippen molar-refractivity contribution in [1.82, 2.24) is 15.1 Å². The number of aromatic nitrogens is 2. The van der Waals surface area contributed by atoms with E-state index in [4.69, 9.17) is 9.84 Å². The van der Waals surface area contributed by atoms with Crippen molar-refractivity contribution < 1.29 is 9.53 Å². The van der Waals surface area contributed by atoms with E-state index in [2.05, 4.69) is 37.5 Å². The van der Waals surface area contributed by atoms with Crippen molar-refractivity contribution in [1.29, 1.82) is 0 Å². The number of hydrogen-bond acceptors (Lipinski definition) is 3. The quantitative estimate of drug-likeness (QED) is 0.260. The number of benzene rings is 3. The highest BCUT2D eigenvalue weighted by Gasteiger charge is 2.46. The fraction of sp³-hybridized carbons (Fsp3) is 0.312. The normalized spacial score (nSPS) is 17.4. The Morgan fingerprint density at radius 1 is 0.973 bits per heavy atom. The molecule has 4 aromatic rings. The van der Waals surface area contributed by atoms with E-state index in [0.29, 0.717) is 12.5 Å². The smallest absolute Gasteiger partial charge is 0.224 e. The van der Waals surface area contributed by atoms with Crippen LogP contribution in [0.15, 0.2) is 91.1 Å². The van der Waals surface area contributed by atoms with Crippen LogP contribution in [0.25, 0.3) is 16.9 Å². The van der Waals surface area contributed by atoms with E-state index < -0.39 is 0 Å². The van der Waals surface area contributed by atoms with Gasteiger partial charge in [0.2, 0.25) is 5.91 Å². The molecule has 3 unspecified atom stereocenters. The van der Waals surface area contributed by atoms with Crippen molar-refractivity contribution >= 4 is 5.91 Å². The lowest BCUT2D eigenvalue weighted by atomic mass is 10.0. The summed E-state index contributed by atoms with van der Waals surface area (Å²) in [7, 11) is 0. The van der Waals surface area contributed by atoms with Crippen LogP contribution in [0.5, 0.6) is 5.75 Å². The molecule has 1 saturated carbocycles. The van der Waals surface area contributed by atoms with Crippen LogP contribution in [-0.4, -0.2) is 22.3 Å². The Morgan fingerprint density at radius 3 is 2.32 bits per heavy atom. The molecule has 0 radical (unpaired) electrons. The summed E-state index contributed by atoms with van der Waals surface area (Å²) in [6.45, 7) is 7.15. The Balaban J connectivity index is 1.36. The van der Waals surface area contributed by atoms with Gasteiger partial charge in [-0.3, -0.25) is 4.79 Å². The van der Waals surface area contributed by atoms with Crippen molar-refractivity contribution in [2.24, 2.45) is 11.8 Å². The number of nitrogens with zero attached hydrogens (tertiary/aromatic N) is 2. The monoisotopic (exact) mass is 493 g/mol. The topological polar surface area (TPSA) is 56.2 Å². The van der Waals surface area contributed by atoms with Gasteiger partial charge in [-0.15, -0.1) is 0 Å². The maximum atomic E-state index is 13.1. The Bertz CT molecular complexity index is 1310. The summed E-state index contributed by atoms with van der Waals surface area (Å²) in [4.78, 5) is 13.1. The molecule has 1 amide bonds. The molecule has 0 saturated heterocycles. The first kappa shape index (κ1) is 24.8. The molecule has 1 aliphatic rings. The van der Waals surface area contributed by atoms with Crippen LogP contribution in [0.2, 0.25) is 0 Å². The summed E-state index contributed by atoms with van der Waals surface area (Å²) in [5.74, 6) is 1.69. The zero-order chi connectivity index (χ0) is 25.8. The van der Waals surface area contributed by atoms with Crippen molar-refractivity contribution in [2.75, 3.05) is 6.61 Å². The SMILES string of the molecule is CC(C)CCOc1ccc(-c2nn(-c3ccccc3)cc2C2CC2C(=O)NC(C)c2ccccc2)cc1. The first-order valence-corrected chi connectivity index (χ1v) is 13.2. The highest BCUT2D eigenvalue weighted by atomic mass is 16.5. The standard InChI is InChI=1S/C32H35N3O2/c1-22(2)18-19-37-27-16-14-25(15-17-27)31-30(21-35(34-31)26-12-8-5-9-13-26)28-20-29(28)32(36)33-23(3)24-10-6-4-7-11-24/h4-17,21-23,28-29H,18-20H2,1-3H3,(H,33,36). The number of rotatable bonds is 10. The molecule has 1 heterocycles. The number of nitrogens with one attached hydrogen (secondary N) is 1. The molecule has 1 aromatic heterocycles. The third-order valence-electron chi connectivity index (χ3n) is 7.04. The number of hydrogen-bond donors (Lipinski definition) is 1. The minimum atomic E-state index is -0.0445. The summed E-state index contributed by atoms with van der Waals surface area (Å²) in [6.07, 6.45) is 3.95. The first-order valence-electron chi connectivity index (χ1n) is 13.2. The number of ether oxygens (including phenoxy) is 1. The molecule has 0 bridgehead atoms. The number of carbonyl (C=O) groups excluding carboxylic acids is 1. The van der Waals surface area contributed by atoms with Gasteiger partial charge in [0.15, 0.2) is 0 Å². The zero-order valence-corrected chi connectivity index (χ0v) is 21.8. The van der Waals surface area contributed by atoms with Gasteiger partial charge in [0.25, 0.3) is 0 Å². The Labute approximate surface area is 219 Å². The second-order valence-corrected chi connectivity index (χ2v) is 10.4. The minimum absolute atomic E-state index is 0.0234. The fourth-order valence-corrected chi connectivity index (χ4v) is 4.69. The van der Waals surface area contributed by atoms with Crippen molar-refractivity contribution in [2.45, 2.75) is 45.6 Å². The molecular weight excluding hydrogens is 458 g/mol.